The standard InChI is InChI=1S/C18H17ClO7S2/c1-26-14(22)8-27-15-7-10-13(28(15,24)25)6-5-9(17(10)19)18(23)16-11(20)3-2-4-12(16)21/h5-6,15-16H,2-4,7-8H2,1H3. The van der Waals surface area contributed by atoms with E-state index in [4.69, 9.17) is 11.6 Å². The lowest BCUT2D eigenvalue weighted by molar-refractivity contribution is -0.137. The molecule has 3 rings (SSSR count). The van der Waals surface area contributed by atoms with Gasteiger partial charge in [0.25, 0.3) is 0 Å². The van der Waals surface area contributed by atoms with E-state index in [1.165, 1.54) is 19.2 Å². The van der Waals surface area contributed by atoms with Crippen LogP contribution in [0.2, 0.25) is 5.02 Å². The minimum Gasteiger partial charge on any atom is -0.468 e. The van der Waals surface area contributed by atoms with Gasteiger partial charge in [0.15, 0.2) is 27.2 Å². The van der Waals surface area contributed by atoms with Crippen LogP contribution < -0.4 is 0 Å². The van der Waals surface area contributed by atoms with Gasteiger partial charge < -0.3 is 4.74 Å². The molecule has 0 aromatic heterocycles. The number of thioether (sulfide) groups is 1. The molecule has 0 saturated heterocycles. The zero-order valence-corrected chi connectivity index (χ0v) is 17.3. The number of rotatable bonds is 5. The number of ketones is 3. The van der Waals surface area contributed by atoms with Crippen LogP contribution in [0.4, 0.5) is 0 Å². The van der Waals surface area contributed by atoms with E-state index in [0.717, 1.165) is 11.8 Å². The zero-order chi connectivity index (χ0) is 20.6. The summed E-state index contributed by atoms with van der Waals surface area (Å²) in [6, 6.07) is 2.53. The highest BCUT2D eigenvalue weighted by atomic mass is 35.5. The second-order valence-corrected chi connectivity index (χ2v) is 10.5. The average molecular weight is 445 g/mol. The molecule has 10 heteroatoms. The van der Waals surface area contributed by atoms with Crippen LogP contribution >= 0.6 is 23.4 Å². The van der Waals surface area contributed by atoms with Gasteiger partial charge in [-0.3, -0.25) is 19.2 Å². The summed E-state index contributed by atoms with van der Waals surface area (Å²) in [6.45, 7) is 0. The fraction of sp³-hybridized carbons (Fsp3) is 0.444. The van der Waals surface area contributed by atoms with Gasteiger partial charge in [-0.15, -0.1) is 11.8 Å². The lowest BCUT2D eigenvalue weighted by Gasteiger charge is -2.19. The second-order valence-electron chi connectivity index (χ2n) is 6.55. The number of ether oxygens (including phenoxy) is 1. The first-order chi connectivity index (χ1) is 13.2. The molecule has 1 aromatic rings. The fourth-order valence-electron chi connectivity index (χ4n) is 3.39. The molecule has 7 nitrogen and oxygen atoms in total. The van der Waals surface area contributed by atoms with Crippen molar-refractivity contribution in [1.29, 1.82) is 0 Å². The monoisotopic (exact) mass is 444 g/mol. The van der Waals surface area contributed by atoms with Gasteiger partial charge in [-0.25, -0.2) is 8.42 Å². The molecule has 28 heavy (non-hydrogen) atoms. The molecular weight excluding hydrogens is 428 g/mol. The summed E-state index contributed by atoms with van der Waals surface area (Å²) in [7, 11) is -2.52. The van der Waals surface area contributed by atoms with Crippen molar-refractivity contribution in [1.82, 2.24) is 0 Å². The number of carbonyl (C=O) groups excluding carboxylic acids is 4. The van der Waals surface area contributed by atoms with Gasteiger partial charge in [-0.05, 0) is 24.1 Å². The maximum atomic E-state index is 12.8. The number of esters is 1. The summed E-state index contributed by atoms with van der Waals surface area (Å²) in [5, 5.41) is -0.0570. The number of Topliss-reactive ketones (excluding diaryl/α,β-unsaturated/α-hetero) is 3. The molecule has 150 valence electrons. The summed E-state index contributed by atoms with van der Waals surface area (Å²) in [5.74, 6) is -3.61. The van der Waals surface area contributed by atoms with E-state index < -0.39 is 43.7 Å². The van der Waals surface area contributed by atoms with Crippen molar-refractivity contribution in [3.63, 3.8) is 0 Å². The molecule has 1 aromatic carbocycles. The van der Waals surface area contributed by atoms with Gasteiger partial charge in [0.1, 0.15) is 10.5 Å². The third-order valence-corrected chi connectivity index (χ3v) is 9.25. The molecule has 1 unspecified atom stereocenters. The quantitative estimate of drug-likeness (QED) is 0.385. The Hall–Kier alpha value is -1.71. The van der Waals surface area contributed by atoms with Gasteiger partial charge in [0.05, 0.1) is 22.8 Å². The third kappa shape index (κ3) is 3.62. The topological polar surface area (TPSA) is 112 Å². The molecular formula is C18H17ClO7S2. The Morgan fingerprint density at radius 3 is 2.46 bits per heavy atom. The van der Waals surface area contributed by atoms with Gasteiger partial charge in [-0.2, -0.15) is 0 Å². The smallest absolute Gasteiger partial charge is 0.315 e. The first-order valence-electron chi connectivity index (χ1n) is 8.51. The number of methoxy groups -OCH3 is 1. The second kappa shape index (κ2) is 7.96. The summed E-state index contributed by atoms with van der Waals surface area (Å²) in [6.07, 6.45) is 0.763. The third-order valence-electron chi connectivity index (χ3n) is 4.86. The minimum absolute atomic E-state index is 0.00212. The normalized spacial score (nSPS) is 21.4. The van der Waals surface area contributed by atoms with Crippen LogP contribution in [-0.2, 0) is 35.4 Å². The number of hydrogen-bond donors (Lipinski definition) is 0. The maximum absolute atomic E-state index is 12.8. The van der Waals surface area contributed by atoms with Gasteiger partial charge in [0, 0.05) is 24.8 Å². The van der Waals surface area contributed by atoms with E-state index in [2.05, 4.69) is 4.74 Å². The lowest BCUT2D eigenvalue weighted by Crippen LogP contribution is -2.35. The highest BCUT2D eigenvalue weighted by molar-refractivity contribution is 8.14. The first kappa shape index (κ1) is 21.0. The van der Waals surface area contributed by atoms with Crippen molar-refractivity contribution >= 4 is 56.5 Å². The van der Waals surface area contributed by atoms with E-state index in [-0.39, 0.29) is 46.1 Å². The number of carbonyl (C=O) groups is 4. The number of fused-ring (bicyclic) bond motifs is 1. The van der Waals surface area contributed by atoms with E-state index in [1.807, 2.05) is 0 Å². The van der Waals surface area contributed by atoms with Gasteiger partial charge >= 0.3 is 5.97 Å². The zero-order valence-electron chi connectivity index (χ0n) is 14.9. The Bertz CT molecular complexity index is 968. The fourth-order valence-corrected chi connectivity index (χ4v) is 7.19. The number of halogens is 1. The summed E-state index contributed by atoms with van der Waals surface area (Å²) < 4.78 is 29.0. The average Bonchev–Trinajstić information content (AvgIpc) is 2.91. The lowest BCUT2D eigenvalue weighted by atomic mass is 9.81. The Kier molecular flexibility index (Phi) is 5.97. The summed E-state index contributed by atoms with van der Waals surface area (Å²) in [5.41, 5.74) is 0.244. The Morgan fingerprint density at radius 1 is 1.21 bits per heavy atom. The van der Waals surface area contributed by atoms with Crippen molar-refractivity contribution in [2.45, 2.75) is 35.2 Å². The first-order valence-corrected chi connectivity index (χ1v) is 11.5. The molecule has 1 aliphatic heterocycles. The molecule has 0 spiro atoms. The van der Waals surface area contributed by atoms with Crippen LogP contribution in [0.15, 0.2) is 17.0 Å². The van der Waals surface area contributed by atoms with Crippen molar-refractivity contribution in [2.75, 3.05) is 12.9 Å². The molecule has 0 N–H and O–H groups in total. The predicted molar refractivity (Wildman–Crippen MR) is 102 cm³/mol. The molecule has 1 fully saturated rings. The SMILES string of the molecule is COC(=O)CSC1Cc2c(ccc(C(=O)C3C(=O)CCCC3=O)c2Cl)S1(=O)=O. The molecule has 1 aliphatic carbocycles. The molecule has 0 radical (unpaired) electrons. The summed E-state index contributed by atoms with van der Waals surface area (Å²) in [4.78, 5) is 48.3. The van der Waals surface area contributed by atoms with Crippen LogP contribution in [0.1, 0.15) is 35.2 Å². The number of hydrogen-bond acceptors (Lipinski definition) is 8. The summed E-state index contributed by atoms with van der Waals surface area (Å²) >= 11 is 7.26. The van der Waals surface area contributed by atoms with Crippen molar-refractivity contribution in [3.8, 4) is 0 Å². The molecule has 0 bridgehead atoms. The van der Waals surface area contributed by atoms with Crippen molar-refractivity contribution < 1.29 is 32.3 Å². The Balaban J connectivity index is 1.92. The number of sulfone groups is 1. The highest BCUT2D eigenvalue weighted by Crippen LogP contribution is 2.42. The Labute approximate surface area is 171 Å². The maximum Gasteiger partial charge on any atom is 0.315 e. The largest absolute Gasteiger partial charge is 0.468 e. The molecule has 1 atom stereocenters. The van der Waals surface area contributed by atoms with Crippen LogP contribution in [0, 0.1) is 5.92 Å². The van der Waals surface area contributed by atoms with Crippen LogP contribution in [-0.4, -0.2) is 49.2 Å². The predicted octanol–water partition coefficient (Wildman–Crippen LogP) is 2.02. The molecule has 2 aliphatic rings. The van der Waals surface area contributed by atoms with E-state index >= 15 is 0 Å². The van der Waals surface area contributed by atoms with Crippen LogP contribution in [0.3, 0.4) is 0 Å². The molecule has 0 amide bonds. The van der Waals surface area contributed by atoms with E-state index in [1.54, 1.807) is 0 Å². The molecule has 1 heterocycles. The molecule has 1 saturated carbocycles. The van der Waals surface area contributed by atoms with E-state index in [9.17, 15) is 27.6 Å². The van der Waals surface area contributed by atoms with Crippen molar-refractivity contribution in [2.24, 2.45) is 5.92 Å². The number of benzene rings is 1. The highest BCUT2D eigenvalue weighted by Gasteiger charge is 2.42. The van der Waals surface area contributed by atoms with Gasteiger partial charge in [-0.1, -0.05) is 11.6 Å². The minimum atomic E-state index is -3.74. The van der Waals surface area contributed by atoms with Crippen LogP contribution in [0.5, 0.6) is 0 Å². The van der Waals surface area contributed by atoms with Gasteiger partial charge in [0.2, 0.25) is 0 Å². The van der Waals surface area contributed by atoms with E-state index in [0.29, 0.717) is 6.42 Å². The van der Waals surface area contributed by atoms with Crippen molar-refractivity contribution in [3.05, 3.63) is 28.3 Å². The van der Waals surface area contributed by atoms with Crippen LogP contribution in [0.25, 0.3) is 0 Å². The Morgan fingerprint density at radius 2 is 1.86 bits per heavy atom.